The zero-order valence-electron chi connectivity index (χ0n) is 11.6. The lowest BCUT2D eigenvalue weighted by molar-refractivity contribution is 0.701. The number of hydrogen-bond donors (Lipinski definition) is 0. The summed E-state index contributed by atoms with van der Waals surface area (Å²) in [4.78, 5) is 0. The molecule has 0 saturated carbocycles. The van der Waals surface area contributed by atoms with Crippen LogP contribution in [0.15, 0.2) is 0 Å². The highest BCUT2D eigenvalue weighted by Crippen LogP contribution is 1.76. The average molecular weight is 224 g/mol. The van der Waals surface area contributed by atoms with Crippen molar-refractivity contribution in [2.75, 3.05) is 0 Å². The van der Waals surface area contributed by atoms with Crippen LogP contribution in [-0.4, -0.2) is 10.1 Å². The van der Waals surface area contributed by atoms with Gasteiger partial charge in [0.2, 0.25) is 0 Å². The van der Waals surface area contributed by atoms with Crippen molar-refractivity contribution in [1.29, 1.82) is 0 Å². The molecule has 0 aromatic carbocycles. The first-order valence-corrected chi connectivity index (χ1v) is 6.69. The van der Waals surface area contributed by atoms with Crippen LogP contribution in [0.25, 0.3) is 0 Å². The molecule has 0 atom stereocenters. The zero-order chi connectivity index (χ0) is 12.8. The van der Waals surface area contributed by atoms with E-state index in [2.05, 4.69) is 33.6 Å². The normalized spacial score (nSPS) is 5.14. The van der Waals surface area contributed by atoms with Gasteiger partial charge in [-0.2, -0.15) is 0 Å². The smallest absolute Gasteiger partial charge is 0.0805 e. The van der Waals surface area contributed by atoms with E-state index in [4.69, 9.17) is 4.21 Å². The predicted octanol–water partition coefficient (Wildman–Crippen LogP) is 4.91. The van der Waals surface area contributed by atoms with E-state index in [-0.39, 0.29) is 11.3 Å². The van der Waals surface area contributed by atoms with Gasteiger partial charge in [-0.05, 0) is 5.87 Å². The predicted molar refractivity (Wildman–Crippen MR) is 74.5 cm³/mol. The molecule has 0 heterocycles. The molecule has 0 saturated heterocycles. The van der Waals surface area contributed by atoms with Crippen molar-refractivity contribution in [2.24, 2.45) is 0 Å². The van der Waals surface area contributed by atoms with E-state index in [1.54, 1.807) is 0 Å². The maximum absolute atomic E-state index is 8.74. The topological polar surface area (TPSA) is 17.1 Å². The molecule has 0 amide bonds. The van der Waals surface area contributed by atoms with E-state index >= 15 is 0 Å². The van der Waals surface area contributed by atoms with Gasteiger partial charge in [0.05, 0.1) is 11.3 Å². The molecule has 0 aliphatic carbocycles. The maximum atomic E-state index is 8.74. The molecule has 0 fully saturated rings. The molecule has 1 nitrogen and oxygen atoms in total. The Labute approximate surface area is 96.4 Å². The van der Waals surface area contributed by atoms with Gasteiger partial charge in [-0.25, -0.2) is 4.21 Å². The number of unbranched alkanes of at least 4 members (excludes halogenated alkanes) is 1. The number of rotatable bonds is 1. The van der Waals surface area contributed by atoms with Gasteiger partial charge in [0, 0.05) is 0 Å². The Hall–Kier alpha value is -0.110. The van der Waals surface area contributed by atoms with Crippen LogP contribution in [0.3, 0.4) is 0 Å². The third kappa shape index (κ3) is 1780. The second-order valence-corrected chi connectivity index (χ2v) is 2.06. The summed E-state index contributed by atoms with van der Waals surface area (Å²) in [6.07, 6.45) is 3.89. The lowest BCUT2D eigenvalue weighted by atomic mass is 10.4. The molecule has 0 radical (unpaired) electrons. The molecule has 14 heavy (non-hydrogen) atoms. The summed E-state index contributed by atoms with van der Waals surface area (Å²) in [6, 6.07) is 0. The molecule has 92 valence electrons. The first kappa shape index (κ1) is 29.2. The van der Waals surface area contributed by atoms with Gasteiger partial charge in [-0.3, -0.25) is 0 Å². The van der Waals surface area contributed by atoms with Crippen LogP contribution < -0.4 is 0 Å². The van der Waals surface area contributed by atoms with Gasteiger partial charge in [0.1, 0.15) is 0 Å². The lowest BCUT2D eigenvalue weighted by Gasteiger charge is -1.68. The van der Waals surface area contributed by atoms with Crippen molar-refractivity contribution < 1.29 is 4.21 Å². The Kier molecular flexibility index (Phi) is 251. The van der Waals surface area contributed by atoms with Crippen molar-refractivity contribution in [1.82, 2.24) is 0 Å². The molecule has 0 aliphatic heterocycles. The largest absolute Gasteiger partial charge is 0.213 e. The first-order chi connectivity index (χ1) is 6.74. The van der Waals surface area contributed by atoms with Gasteiger partial charge in [-0.1, -0.05) is 74.7 Å². The second kappa shape index (κ2) is 120. The van der Waals surface area contributed by atoms with Crippen LogP contribution >= 0.6 is 0 Å². The molecular formula is C12H32OS. The third-order valence-electron chi connectivity index (χ3n) is 0.500. The summed E-state index contributed by atoms with van der Waals surface area (Å²) in [5.41, 5.74) is 0. The molecule has 0 aromatic heterocycles. The van der Waals surface area contributed by atoms with E-state index in [1.807, 2.05) is 27.7 Å². The fourth-order valence-electron chi connectivity index (χ4n) is 0. The third-order valence-corrected chi connectivity index (χ3v) is 0.500. The Morgan fingerprint density at radius 2 is 0.929 bits per heavy atom. The highest BCUT2D eigenvalue weighted by Gasteiger charge is 1.56. The average Bonchev–Trinajstić information content (AvgIpc) is 2.26. The minimum atomic E-state index is 0.250. The van der Waals surface area contributed by atoms with Crippen LogP contribution in [0, 0.1) is 0 Å². The van der Waals surface area contributed by atoms with Gasteiger partial charge in [0.15, 0.2) is 0 Å². The van der Waals surface area contributed by atoms with E-state index in [9.17, 15) is 0 Å². The fourth-order valence-corrected chi connectivity index (χ4v) is 0. The minimum Gasteiger partial charge on any atom is -0.213 e. The van der Waals surface area contributed by atoms with E-state index in [1.165, 1.54) is 19.3 Å². The van der Waals surface area contributed by atoms with E-state index < -0.39 is 0 Å². The zero-order valence-corrected chi connectivity index (χ0v) is 12.5. The van der Waals surface area contributed by atoms with Crippen LogP contribution in [0.1, 0.15) is 74.7 Å². The minimum absolute atomic E-state index is 0.250. The summed E-state index contributed by atoms with van der Waals surface area (Å²) in [5.74, 6) is 2.85. The first-order valence-electron chi connectivity index (χ1n) is 5.78. The van der Waals surface area contributed by atoms with Crippen LogP contribution in [-0.2, 0) is 11.3 Å². The number of hydrogen-bond acceptors (Lipinski definition) is 1. The molecule has 0 spiro atoms. The van der Waals surface area contributed by atoms with Crippen molar-refractivity contribution >= 4 is 17.1 Å². The van der Waals surface area contributed by atoms with Crippen molar-refractivity contribution in [3.05, 3.63) is 0 Å². The summed E-state index contributed by atoms with van der Waals surface area (Å²) in [6.45, 7) is 16.6. The van der Waals surface area contributed by atoms with Crippen molar-refractivity contribution in [3.63, 3.8) is 0 Å². The highest BCUT2D eigenvalue weighted by molar-refractivity contribution is 7.63. The Morgan fingerprint density at radius 1 is 0.857 bits per heavy atom. The maximum Gasteiger partial charge on any atom is 0.0805 e. The molecular weight excluding hydrogens is 192 g/mol. The van der Waals surface area contributed by atoms with Gasteiger partial charge in [-0.15, -0.1) is 0 Å². The summed E-state index contributed by atoms with van der Waals surface area (Å²) >= 11 is 0.250. The van der Waals surface area contributed by atoms with Crippen LogP contribution in [0.2, 0.25) is 0 Å². The quantitative estimate of drug-likeness (QED) is 0.579. The van der Waals surface area contributed by atoms with E-state index in [0.29, 0.717) is 0 Å². The Bertz CT molecular complexity index is 55.3. The monoisotopic (exact) mass is 224 g/mol. The fraction of sp³-hybridized carbons (Fsp3) is 0.917. The second-order valence-electron chi connectivity index (χ2n) is 1.82. The van der Waals surface area contributed by atoms with Crippen molar-refractivity contribution in [3.8, 4) is 0 Å². The van der Waals surface area contributed by atoms with Gasteiger partial charge in [0.25, 0.3) is 0 Å². The lowest BCUT2D eigenvalue weighted by Crippen LogP contribution is -1.47. The molecule has 2 heteroatoms. The summed E-state index contributed by atoms with van der Waals surface area (Å²) < 4.78 is 8.74. The molecule has 0 unspecified atom stereocenters. The SMILES string of the molecule is C=S=O.CC.CC.CCC.CCCC. The molecule has 0 aliphatic rings. The van der Waals surface area contributed by atoms with Gasteiger partial charge >= 0.3 is 0 Å². The standard InChI is InChI=1S/C4H10.C3H8.2C2H6.CH2OS/c1-3-4-2;1-3-2;2*1-2;1-3-2/h3-4H2,1-2H3;3H2,1-2H3;2*1-2H3;1H2. The van der Waals surface area contributed by atoms with Gasteiger partial charge < -0.3 is 0 Å². The molecule has 0 bridgehead atoms. The summed E-state index contributed by atoms with van der Waals surface area (Å²) in [7, 11) is 0. The molecule has 0 N–H and O–H groups in total. The Morgan fingerprint density at radius 3 is 0.929 bits per heavy atom. The molecule has 0 aromatic rings. The molecule has 0 rings (SSSR count). The summed E-state index contributed by atoms with van der Waals surface area (Å²) in [5, 5.41) is 0. The van der Waals surface area contributed by atoms with Crippen LogP contribution in [0.4, 0.5) is 0 Å². The highest BCUT2D eigenvalue weighted by atomic mass is 32.1. The Balaban J connectivity index is -0.0000000249. The van der Waals surface area contributed by atoms with E-state index in [0.717, 1.165) is 0 Å². The van der Waals surface area contributed by atoms with Crippen molar-refractivity contribution in [2.45, 2.75) is 74.7 Å². The van der Waals surface area contributed by atoms with Crippen LogP contribution in [0.5, 0.6) is 0 Å².